The molecule has 0 bridgehead atoms. The molecule has 1 aliphatic rings. The molecule has 0 amide bonds. The molecule has 3 rings (SSSR count). The van der Waals surface area contributed by atoms with Crippen LogP contribution in [0.1, 0.15) is 22.5 Å². The molecule has 1 unspecified atom stereocenters. The molecule has 1 aliphatic heterocycles. The van der Waals surface area contributed by atoms with Crippen molar-refractivity contribution in [2.24, 2.45) is 5.41 Å². The number of carbonyl (C=O) groups is 1. The van der Waals surface area contributed by atoms with Gasteiger partial charge in [0.2, 0.25) is 0 Å². The van der Waals surface area contributed by atoms with Crippen LogP contribution in [0.15, 0.2) is 36.7 Å². The predicted molar refractivity (Wildman–Crippen MR) is 85.4 cm³/mol. The number of halogens is 1. The highest BCUT2D eigenvalue weighted by Crippen LogP contribution is 2.35. The van der Waals surface area contributed by atoms with Crippen LogP contribution in [-0.2, 0) is 6.42 Å². The van der Waals surface area contributed by atoms with Crippen LogP contribution in [-0.4, -0.2) is 45.8 Å². The topological polar surface area (TPSA) is 86.5 Å². The highest BCUT2D eigenvalue weighted by Gasteiger charge is 2.38. The Morgan fingerprint density at radius 2 is 2.00 bits per heavy atom. The molecule has 24 heavy (non-hydrogen) atoms. The first-order chi connectivity index (χ1) is 11.5. The van der Waals surface area contributed by atoms with Gasteiger partial charge < -0.3 is 15.1 Å². The van der Waals surface area contributed by atoms with Crippen molar-refractivity contribution < 1.29 is 19.4 Å². The van der Waals surface area contributed by atoms with E-state index in [0.717, 1.165) is 12.0 Å². The summed E-state index contributed by atoms with van der Waals surface area (Å²) in [4.78, 5) is 20.9. The number of carboxylic acids is 1. The molecule has 2 aromatic rings. The summed E-state index contributed by atoms with van der Waals surface area (Å²) in [5.74, 6) is -0.801. The van der Waals surface area contributed by atoms with Gasteiger partial charge in [0.05, 0.1) is 19.0 Å². The first kappa shape index (κ1) is 16.3. The van der Waals surface area contributed by atoms with Crippen molar-refractivity contribution in [3.63, 3.8) is 0 Å². The Labute approximate surface area is 138 Å². The smallest absolute Gasteiger partial charge is 0.356 e. The third-order valence-electron chi connectivity index (χ3n) is 4.45. The van der Waals surface area contributed by atoms with Gasteiger partial charge in [-0.1, -0.05) is 12.1 Å². The Hall–Kier alpha value is -2.54. The van der Waals surface area contributed by atoms with E-state index in [4.69, 9.17) is 5.11 Å². The number of nitrogens with zero attached hydrogens (tertiary/aromatic N) is 3. The first-order valence-corrected chi connectivity index (χ1v) is 7.67. The lowest BCUT2D eigenvalue weighted by Crippen LogP contribution is -2.33. The third-order valence-corrected chi connectivity index (χ3v) is 4.45. The molecule has 1 aromatic carbocycles. The van der Waals surface area contributed by atoms with Gasteiger partial charge >= 0.3 is 5.97 Å². The lowest BCUT2D eigenvalue weighted by molar-refractivity contribution is 0.0690. The van der Waals surface area contributed by atoms with E-state index < -0.39 is 5.97 Å². The number of benzene rings is 1. The summed E-state index contributed by atoms with van der Waals surface area (Å²) in [6, 6.07) is 6.31. The Bertz CT molecular complexity index is 721. The van der Waals surface area contributed by atoms with Crippen LogP contribution in [0.5, 0.6) is 0 Å². The Kier molecular flexibility index (Phi) is 4.44. The molecule has 6 nitrogen and oxygen atoms in total. The Morgan fingerprint density at radius 3 is 2.58 bits per heavy atom. The van der Waals surface area contributed by atoms with Gasteiger partial charge in [0.1, 0.15) is 11.6 Å². The summed E-state index contributed by atoms with van der Waals surface area (Å²) in [6.07, 6.45) is 4.08. The number of aromatic carboxylic acids is 1. The van der Waals surface area contributed by atoms with Crippen molar-refractivity contribution in [2.75, 3.05) is 24.6 Å². The van der Waals surface area contributed by atoms with Crippen molar-refractivity contribution in [1.82, 2.24) is 9.97 Å². The van der Waals surface area contributed by atoms with E-state index in [-0.39, 0.29) is 23.5 Å². The minimum absolute atomic E-state index is 0.0154. The largest absolute Gasteiger partial charge is 0.476 e. The fraction of sp³-hybridized carbons (Fsp3) is 0.353. The molecule has 0 spiro atoms. The molecule has 1 atom stereocenters. The van der Waals surface area contributed by atoms with Crippen LogP contribution in [0.25, 0.3) is 0 Å². The normalized spacial score (nSPS) is 20.3. The van der Waals surface area contributed by atoms with Gasteiger partial charge in [-0.25, -0.2) is 19.2 Å². The molecule has 1 saturated heterocycles. The van der Waals surface area contributed by atoms with Crippen molar-refractivity contribution in [3.8, 4) is 0 Å². The Morgan fingerprint density at radius 1 is 1.25 bits per heavy atom. The maximum absolute atomic E-state index is 13.0. The average Bonchev–Trinajstić information content (AvgIpc) is 3.02. The van der Waals surface area contributed by atoms with Crippen molar-refractivity contribution in [1.29, 1.82) is 0 Å². The first-order valence-electron chi connectivity index (χ1n) is 7.67. The van der Waals surface area contributed by atoms with Crippen molar-refractivity contribution >= 4 is 11.8 Å². The standard InChI is InChI=1S/C17H18FN3O3/c18-13-3-1-12(2-4-13)7-17(11-22)5-6-21(10-17)15-9-19-14(8-20-15)16(23)24/h1-4,8-9,22H,5-7,10-11H2,(H,23,24). The Balaban J connectivity index is 1.73. The summed E-state index contributed by atoms with van der Waals surface area (Å²) < 4.78 is 13.0. The van der Waals surface area contributed by atoms with Crippen molar-refractivity contribution in [3.05, 3.63) is 53.7 Å². The number of anilines is 1. The second-order valence-electron chi connectivity index (χ2n) is 6.20. The summed E-state index contributed by atoms with van der Waals surface area (Å²) in [7, 11) is 0. The van der Waals surface area contributed by atoms with Crippen LogP contribution in [0.3, 0.4) is 0 Å². The number of aliphatic hydroxyl groups is 1. The fourth-order valence-electron chi connectivity index (χ4n) is 3.09. The van der Waals surface area contributed by atoms with Crippen LogP contribution >= 0.6 is 0 Å². The van der Waals surface area contributed by atoms with E-state index in [1.165, 1.54) is 24.5 Å². The minimum atomic E-state index is -1.11. The third kappa shape index (κ3) is 3.35. The zero-order valence-corrected chi connectivity index (χ0v) is 13.0. The molecule has 1 aromatic heterocycles. The second kappa shape index (κ2) is 6.52. The van der Waals surface area contributed by atoms with Crippen LogP contribution in [0, 0.1) is 11.2 Å². The molecular formula is C17H18FN3O3. The molecule has 7 heteroatoms. The zero-order valence-electron chi connectivity index (χ0n) is 13.0. The lowest BCUT2D eigenvalue weighted by atomic mass is 9.81. The molecular weight excluding hydrogens is 313 g/mol. The van der Waals surface area contributed by atoms with Gasteiger partial charge in [0, 0.05) is 18.5 Å². The quantitative estimate of drug-likeness (QED) is 0.868. The number of rotatable bonds is 5. The zero-order chi connectivity index (χ0) is 17.2. The number of aromatic nitrogens is 2. The predicted octanol–water partition coefficient (Wildman–Crippen LogP) is 1.75. The summed E-state index contributed by atoms with van der Waals surface area (Å²) in [6.45, 7) is 1.30. The summed E-state index contributed by atoms with van der Waals surface area (Å²) in [5.41, 5.74) is 0.544. The summed E-state index contributed by atoms with van der Waals surface area (Å²) >= 11 is 0. The lowest BCUT2D eigenvalue weighted by Gasteiger charge is -2.27. The molecule has 2 heterocycles. The van der Waals surface area contributed by atoms with Gasteiger partial charge in [0.25, 0.3) is 0 Å². The second-order valence-corrected chi connectivity index (χ2v) is 6.20. The monoisotopic (exact) mass is 331 g/mol. The van der Waals surface area contributed by atoms with Crippen LogP contribution < -0.4 is 4.90 Å². The molecule has 126 valence electrons. The van der Waals surface area contributed by atoms with Crippen LogP contribution in [0.4, 0.5) is 10.2 Å². The SMILES string of the molecule is O=C(O)c1cnc(N2CCC(CO)(Cc3ccc(F)cc3)C2)cn1. The number of hydrogen-bond acceptors (Lipinski definition) is 5. The van der Waals surface area contributed by atoms with Gasteiger partial charge in [-0.15, -0.1) is 0 Å². The van der Waals surface area contributed by atoms with Gasteiger partial charge in [-0.3, -0.25) is 0 Å². The summed E-state index contributed by atoms with van der Waals surface area (Å²) in [5, 5.41) is 18.8. The van der Waals surface area contributed by atoms with Crippen LogP contribution in [0.2, 0.25) is 0 Å². The fourth-order valence-corrected chi connectivity index (χ4v) is 3.09. The van der Waals surface area contributed by atoms with Gasteiger partial charge in [-0.2, -0.15) is 0 Å². The molecule has 0 saturated carbocycles. The minimum Gasteiger partial charge on any atom is -0.476 e. The van der Waals surface area contributed by atoms with E-state index in [1.54, 1.807) is 12.1 Å². The van der Waals surface area contributed by atoms with E-state index in [0.29, 0.717) is 25.3 Å². The molecule has 1 fully saturated rings. The maximum Gasteiger partial charge on any atom is 0.356 e. The van der Waals surface area contributed by atoms with Gasteiger partial charge in [0.15, 0.2) is 5.69 Å². The highest BCUT2D eigenvalue weighted by molar-refractivity contribution is 5.84. The average molecular weight is 331 g/mol. The molecule has 2 N–H and O–H groups in total. The van der Waals surface area contributed by atoms with Gasteiger partial charge in [-0.05, 0) is 30.5 Å². The van der Waals surface area contributed by atoms with E-state index in [1.807, 2.05) is 4.90 Å². The van der Waals surface area contributed by atoms with E-state index in [9.17, 15) is 14.3 Å². The number of carboxylic acid groups (broad SMARTS) is 1. The number of aliphatic hydroxyl groups excluding tert-OH is 1. The number of hydrogen-bond donors (Lipinski definition) is 2. The van der Waals surface area contributed by atoms with Crippen molar-refractivity contribution in [2.45, 2.75) is 12.8 Å². The molecule has 0 radical (unpaired) electrons. The highest BCUT2D eigenvalue weighted by atomic mass is 19.1. The maximum atomic E-state index is 13.0. The van der Waals surface area contributed by atoms with E-state index in [2.05, 4.69) is 9.97 Å². The molecule has 0 aliphatic carbocycles. The van der Waals surface area contributed by atoms with E-state index >= 15 is 0 Å².